The molecule has 3 aromatic rings. The SMILES string of the molecule is Cc1c(C)c(-c2ccc[nH]2)c2c(c1C)-c1c(ccc(C3=CC=CCCC3)c1C)C2. The third kappa shape index (κ3) is 2.75. The molecule has 1 heterocycles. The molecule has 5 rings (SSSR count). The lowest BCUT2D eigenvalue weighted by Crippen LogP contribution is -2.00. The van der Waals surface area contributed by atoms with Gasteiger partial charge in [-0.1, -0.05) is 30.4 Å². The molecule has 2 aliphatic rings. The predicted molar refractivity (Wildman–Crippen MR) is 124 cm³/mol. The van der Waals surface area contributed by atoms with Gasteiger partial charge in [-0.2, -0.15) is 0 Å². The Bertz CT molecular complexity index is 1170. The van der Waals surface area contributed by atoms with Crippen molar-refractivity contribution in [3.05, 3.63) is 87.6 Å². The highest BCUT2D eigenvalue weighted by Gasteiger charge is 2.29. The molecular formula is C28H29N. The molecule has 1 aromatic heterocycles. The van der Waals surface area contributed by atoms with Gasteiger partial charge < -0.3 is 4.98 Å². The molecule has 2 aromatic carbocycles. The molecule has 0 amide bonds. The summed E-state index contributed by atoms with van der Waals surface area (Å²) in [6.07, 6.45) is 13.5. The number of aromatic nitrogens is 1. The Hall–Kier alpha value is -2.80. The number of benzene rings is 2. The summed E-state index contributed by atoms with van der Waals surface area (Å²) in [5.41, 5.74) is 17.2. The summed E-state index contributed by atoms with van der Waals surface area (Å²) in [4.78, 5) is 3.47. The Morgan fingerprint density at radius 1 is 0.828 bits per heavy atom. The van der Waals surface area contributed by atoms with E-state index >= 15 is 0 Å². The molecule has 1 heteroatoms. The smallest absolute Gasteiger partial charge is 0.0459 e. The predicted octanol–water partition coefficient (Wildman–Crippen LogP) is 7.61. The molecule has 0 saturated heterocycles. The molecule has 0 unspecified atom stereocenters. The number of hydrogen-bond acceptors (Lipinski definition) is 0. The molecule has 0 aliphatic heterocycles. The van der Waals surface area contributed by atoms with Crippen molar-refractivity contribution in [2.24, 2.45) is 0 Å². The van der Waals surface area contributed by atoms with Gasteiger partial charge in [-0.05, 0) is 121 Å². The number of nitrogens with one attached hydrogen (secondary N) is 1. The molecule has 0 atom stereocenters. The lowest BCUT2D eigenvalue weighted by molar-refractivity contribution is 0.885. The first-order chi connectivity index (χ1) is 14.1. The first-order valence-corrected chi connectivity index (χ1v) is 10.8. The van der Waals surface area contributed by atoms with Crippen molar-refractivity contribution in [2.75, 3.05) is 0 Å². The van der Waals surface area contributed by atoms with Gasteiger partial charge >= 0.3 is 0 Å². The minimum atomic E-state index is 1.03. The van der Waals surface area contributed by atoms with Gasteiger partial charge in [0.25, 0.3) is 0 Å². The van der Waals surface area contributed by atoms with Crippen LogP contribution in [0.2, 0.25) is 0 Å². The minimum absolute atomic E-state index is 1.03. The monoisotopic (exact) mass is 379 g/mol. The van der Waals surface area contributed by atoms with E-state index in [1.165, 1.54) is 86.2 Å². The van der Waals surface area contributed by atoms with Crippen LogP contribution in [0.5, 0.6) is 0 Å². The van der Waals surface area contributed by atoms with Crippen molar-refractivity contribution in [3.8, 4) is 22.4 Å². The lowest BCUT2D eigenvalue weighted by Gasteiger charge is -2.20. The molecule has 29 heavy (non-hydrogen) atoms. The molecule has 0 bridgehead atoms. The molecular weight excluding hydrogens is 350 g/mol. The fourth-order valence-electron chi connectivity index (χ4n) is 5.40. The zero-order valence-electron chi connectivity index (χ0n) is 17.9. The van der Waals surface area contributed by atoms with E-state index in [4.69, 9.17) is 0 Å². The minimum Gasteiger partial charge on any atom is -0.361 e. The van der Waals surface area contributed by atoms with E-state index in [2.05, 4.69) is 75.2 Å². The number of aromatic amines is 1. The van der Waals surface area contributed by atoms with E-state index in [0.29, 0.717) is 0 Å². The maximum absolute atomic E-state index is 3.47. The van der Waals surface area contributed by atoms with Crippen LogP contribution in [0.25, 0.3) is 28.0 Å². The van der Waals surface area contributed by atoms with Crippen LogP contribution < -0.4 is 0 Å². The van der Waals surface area contributed by atoms with Gasteiger partial charge in [0.15, 0.2) is 0 Å². The van der Waals surface area contributed by atoms with Crippen molar-refractivity contribution >= 4 is 5.57 Å². The Morgan fingerprint density at radius 2 is 1.66 bits per heavy atom. The average Bonchev–Trinajstić information content (AvgIpc) is 3.29. The number of hydrogen-bond donors (Lipinski definition) is 1. The largest absolute Gasteiger partial charge is 0.361 e. The van der Waals surface area contributed by atoms with Crippen LogP contribution in [0.15, 0.2) is 48.7 Å². The summed E-state index contributed by atoms with van der Waals surface area (Å²) in [5.74, 6) is 0. The van der Waals surface area contributed by atoms with Crippen LogP contribution in [0.4, 0.5) is 0 Å². The van der Waals surface area contributed by atoms with Crippen molar-refractivity contribution in [1.82, 2.24) is 4.98 Å². The molecule has 2 aliphatic carbocycles. The van der Waals surface area contributed by atoms with Gasteiger partial charge in [0.2, 0.25) is 0 Å². The van der Waals surface area contributed by atoms with Crippen molar-refractivity contribution in [2.45, 2.75) is 53.4 Å². The number of allylic oxidation sites excluding steroid dienone is 4. The van der Waals surface area contributed by atoms with Crippen molar-refractivity contribution in [3.63, 3.8) is 0 Å². The Balaban J connectivity index is 1.77. The summed E-state index contributed by atoms with van der Waals surface area (Å²) in [5, 5.41) is 0. The Labute approximate surface area is 174 Å². The van der Waals surface area contributed by atoms with Crippen LogP contribution in [0.3, 0.4) is 0 Å². The van der Waals surface area contributed by atoms with Gasteiger partial charge in [-0.25, -0.2) is 0 Å². The van der Waals surface area contributed by atoms with E-state index < -0.39 is 0 Å². The number of fused-ring (bicyclic) bond motifs is 3. The van der Waals surface area contributed by atoms with Gasteiger partial charge in [0, 0.05) is 17.5 Å². The molecule has 0 saturated carbocycles. The quantitative estimate of drug-likeness (QED) is 0.369. The third-order valence-corrected chi connectivity index (χ3v) is 7.11. The van der Waals surface area contributed by atoms with E-state index in [-0.39, 0.29) is 0 Å². The van der Waals surface area contributed by atoms with Crippen LogP contribution in [-0.2, 0) is 6.42 Å². The van der Waals surface area contributed by atoms with Gasteiger partial charge in [0.05, 0.1) is 0 Å². The van der Waals surface area contributed by atoms with Crippen molar-refractivity contribution < 1.29 is 0 Å². The second-order valence-electron chi connectivity index (χ2n) is 8.65. The molecule has 0 fully saturated rings. The van der Waals surface area contributed by atoms with Crippen LogP contribution in [-0.4, -0.2) is 4.98 Å². The second kappa shape index (κ2) is 6.91. The molecule has 1 N–H and O–H groups in total. The summed E-state index contributed by atoms with van der Waals surface area (Å²) in [6.45, 7) is 9.21. The van der Waals surface area contributed by atoms with E-state index in [0.717, 1.165) is 6.42 Å². The fraction of sp³-hybridized carbons (Fsp3) is 0.286. The van der Waals surface area contributed by atoms with Crippen LogP contribution in [0, 0.1) is 27.7 Å². The topological polar surface area (TPSA) is 15.8 Å². The normalized spacial score (nSPS) is 15.1. The fourth-order valence-corrected chi connectivity index (χ4v) is 5.40. The molecule has 0 spiro atoms. The molecule has 0 radical (unpaired) electrons. The molecule has 1 nitrogen and oxygen atoms in total. The lowest BCUT2D eigenvalue weighted by atomic mass is 9.85. The third-order valence-electron chi connectivity index (χ3n) is 7.11. The number of rotatable bonds is 2. The summed E-state index contributed by atoms with van der Waals surface area (Å²) < 4.78 is 0. The maximum atomic E-state index is 3.47. The van der Waals surface area contributed by atoms with Gasteiger partial charge in [0.1, 0.15) is 0 Å². The first-order valence-electron chi connectivity index (χ1n) is 10.8. The summed E-state index contributed by atoms with van der Waals surface area (Å²) in [7, 11) is 0. The van der Waals surface area contributed by atoms with Crippen LogP contribution in [0.1, 0.15) is 58.2 Å². The van der Waals surface area contributed by atoms with Crippen molar-refractivity contribution in [1.29, 1.82) is 0 Å². The average molecular weight is 380 g/mol. The number of H-pyrrole nitrogens is 1. The standard InChI is InChI=1S/C28H29N/c1-17-18(2)27(25-12-9-15-29-25)24-16-22-13-14-23(21-10-7-5-6-8-11-21)20(4)26(22)28(24)19(17)3/h5,7,9-10,12-15,29H,6,8,11,16H2,1-4H3. The van der Waals surface area contributed by atoms with Gasteiger partial charge in [-0.15, -0.1) is 0 Å². The van der Waals surface area contributed by atoms with Crippen LogP contribution >= 0.6 is 0 Å². The Kier molecular flexibility index (Phi) is 4.35. The maximum Gasteiger partial charge on any atom is 0.0459 e. The van der Waals surface area contributed by atoms with E-state index in [1.54, 1.807) is 0 Å². The van der Waals surface area contributed by atoms with Gasteiger partial charge in [-0.3, -0.25) is 0 Å². The zero-order valence-corrected chi connectivity index (χ0v) is 17.9. The summed E-state index contributed by atoms with van der Waals surface area (Å²) >= 11 is 0. The second-order valence-corrected chi connectivity index (χ2v) is 8.65. The highest BCUT2D eigenvalue weighted by Crippen LogP contribution is 2.48. The first kappa shape index (κ1) is 18.2. The highest BCUT2D eigenvalue weighted by atomic mass is 14.7. The van der Waals surface area contributed by atoms with E-state index in [9.17, 15) is 0 Å². The summed E-state index contributed by atoms with van der Waals surface area (Å²) in [6, 6.07) is 9.07. The molecule has 146 valence electrons. The highest BCUT2D eigenvalue weighted by molar-refractivity contribution is 5.92. The van der Waals surface area contributed by atoms with E-state index in [1.807, 2.05) is 6.20 Å². The Morgan fingerprint density at radius 3 is 2.45 bits per heavy atom. The zero-order chi connectivity index (χ0) is 20.1.